The molecule has 0 N–H and O–H groups in total. The molecule has 3 heteroatoms. The summed E-state index contributed by atoms with van der Waals surface area (Å²) in [6, 6.07) is 0. The van der Waals surface area contributed by atoms with Gasteiger partial charge in [-0.1, -0.05) is 20.8 Å². The average molecular weight is 312 g/mol. The maximum Gasteiger partial charge on any atom is 0.312 e. The number of hydrogen-bond donors (Lipinski definition) is 0. The fraction of sp³-hybridized carbons (Fsp3) is 0.947. The summed E-state index contributed by atoms with van der Waals surface area (Å²) in [5, 5.41) is 0. The Morgan fingerprint density at radius 1 is 1.09 bits per heavy atom. The molecule has 1 unspecified atom stereocenters. The van der Waals surface area contributed by atoms with Crippen molar-refractivity contribution in [1.82, 2.24) is 0 Å². The van der Waals surface area contributed by atoms with Crippen molar-refractivity contribution in [2.75, 3.05) is 0 Å². The normalized spacial score (nSPS) is 20.2. The molecule has 0 aromatic rings. The Morgan fingerprint density at radius 3 is 2.00 bits per heavy atom. The van der Waals surface area contributed by atoms with Crippen molar-refractivity contribution in [2.24, 2.45) is 11.3 Å². The van der Waals surface area contributed by atoms with Gasteiger partial charge in [0.2, 0.25) is 0 Å². The molecule has 0 aliphatic heterocycles. The molecular weight excluding hydrogens is 276 g/mol. The van der Waals surface area contributed by atoms with E-state index < -0.39 is 16.6 Å². The highest BCUT2D eigenvalue weighted by atomic mass is 16.6. The zero-order valence-corrected chi connectivity index (χ0v) is 15.9. The summed E-state index contributed by atoms with van der Waals surface area (Å²) >= 11 is 0. The van der Waals surface area contributed by atoms with Crippen LogP contribution in [0.15, 0.2) is 0 Å². The summed E-state index contributed by atoms with van der Waals surface area (Å²) in [7, 11) is 0. The summed E-state index contributed by atoms with van der Waals surface area (Å²) in [5.74, 6) is 0.353. The summed E-state index contributed by atoms with van der Waals surface area (Å²) < 4.78 is 12.5. The molecule has 0 saturated heterocycles. The van der Waals surface area contributed by atoms with Gasteiger partial charge in [0.05, 0.1) is 11.5 Å². The Kier molecular flexibility index (Phi) is 6.11. The largest absolute Gasteiger partial charge is 0.456 e. The van der Waals surface area contributed by atoms with Crippen LogP contribution in [0.25, 0.3) is 0 Å². The fourth-order valence-electron chi connectivity index (χ4n) is 2.94. The van der Waals surface area contributed by atoms with E-state index in [9.17, 15) is 4.79 Å². The summed E-state index contributed by atoms with van der Waals surface area (Å²) in [6.07, 6.45) is 4.93. The Hall–Kier alpha value is -0.570. The molecule has 1 aliphatic carbocycles. The van der Waals surface area contributed by atoms with Gasteiger partial charge < -0.3 is 9.47 Å². The number of carbonyl (C=O) groups is 1. The molecule has 1 saturated carbocycles. The molecule has 1 fully saturated rings. The average Bonchev–Trinajstić information content (AvgIpc) is 2.88. The monoisotopic (exact) mass is 312 g/mol. The van der Waals surface area contributed by atoms with Crippen LogP contribution in [0.1, 0.15) is 87.5 Å². The van der Waals surface area contributed by atoms with E-state index in [4.69, 9.17) is 9.47 Å². The summed E-state index contributed by atoms with van der Waals surface area (Å²) in [4.78, 5) is 12.6. The first-order chi connectivity index (χ1) is 9.97. The lowest BCUT2D eigenvalue weighted by atomic mass is 9.82. The smallest absolute Gasteiger partial charge is 0.312 e. The summed E-state index contributed by atoms with van der Waals surface area (Å²) in [6.45, 7) is 16.6. The second-order valence-electron chi connectivity index (χ2n) is 8.41. The Balaban J connectivity index is 2.98. The maximum absolute atomic E-state index is 12.6. The minimum Gasteiger partial charge on any atom is -0.456 e. The van der Waals surface area contributed by atoms with Crippen molar-refractivity contribution >= 4 is 5.97 Å². The van der Waals surface area contributed by atoms with E-state index in [0.717, 1.165) is 32.1 Å². The second-order valence-corrected chi connectivity index (χ2v) is 8.41. The Bertz CT molecular complexity index is 376. The molecule has 0 amide bonds. The SMILES string of the molecule is CCC(C)(C)C(=O)OC1(C(C)(C)OC(C)C(C)C)CCCC1. The van der Waals surface area contributed by atoms with Gasteiger partial charge in [-0.05, 0) is 72.6 Å². The molecule has 1 atom stereocenters. The fourth-order valence-corrected chi connectivity index (χ4v) is 2.94. The minimum absolute atomic E-state index is 0.0919. The number of hydrogen-bond acceptors (Lipinski definition) is 3. The van der Waals surface area contributed by atoms with Gasteiger partial charge in [-0.15, -0.1) is 0 Å². The highest BCUT2D eigenvalue weighted by Crippen LogP contribution is 2.45. The molecule has 22 heavy (non-hydrogen) atoms. The zero-order valence-electron chi connectivity index (χ0n) is 15.9. The quantitative estimate of drug-likeness (QED) is 0.612. The van der Waals surface area contributed by atoms with E-state index in [-0.39, 0.29) is 12.1 Å². The van der Waals surface area contributed by atoms with Crippen LogP contribution in [-0.2, 0) is 14.3 Å². The van der Waals surface area contributed by atoms with Gasteiger partial charge in [0.15, 0.2) is 0 Å². The van der Waals surface area contributed by atoms with E-state index >= 15 is 0 Å². The van der Waals surface area contributed by atoms with E-state index in [2.05, 4.69) is 34.6 Å². The van der Waals surface area contributed by atoms with Crippen molar-refractivity contribution in [3.8, 4) is 0 Å². The van der Waals surface area contributed by atoms with Crippen LogP contribution in [0.2, 0.25) is 0 Å². The first-order valence-corrected chi connectivity index (χ1v) is 8.89. The molecule has 0 bridgehead atoms. The standard InChI is InChI=1S/C19H36O3/c1-9-17(5,6)16(20)22-19(12-10-11-13-19)18(7,8)21-15(4)14(2)3/h14-15H,9-13H2,1-8H3. The topological polar surface area (TPSA) is 35.5 Å². The van der Waals surface area contributed by atoms with Crippen LogP contribution in [0.5, 0.6) is 0 Å². The van der Waals surface area contributed by atoms with Gasteiger partial charge in [-0.25, -0.2) is 0 Å². The molecule has 0 aromatic heterocycles. The highest BCUT2D eigenvalue weighted by molar-refractivity contribution is 5.76. The molecule has 1 rings (SSSR count). The van der Waals surface area contributed by atoms with Crippen LogP contribution in [0.4, 0.5) is 0 Å². The number of ether oxygens (including phenoxy) is 2. The van der Waals surface area contributed by atoms with Crippen molar-refractivity contribution in [3.63, 3.8) is 0 Å². The number of rotatable bonds is 7. The molecule has 130 valence electrons. The first kappa shape index (κ1) is 19.5. The van der Waals surface area contributed by atoms with E-state index in [1.165, 1.54) is 0 Å². The van der Waals surface area contributed by atoms with Crippen LogP contribution >= 0.6 is 0 Å². The molecule has 3 nitrogen and oxygen atoms in total. The van der Waals surface area contributed by atoms with Gasteiger partial charge in [-0.2, -0.15) is 0 Å². The maximum atomic E-state index is 12.6. The van der Waals surface area contributed by atoms with Crippen molar-refractivity contribution in [3.05, 3.63) is 0 Å². The van der Waals surface area contributed by atoms with Gasteiger partial charge in [-0.3, -0.25) is 4.79 Å². The number of esters is 1. The predicted molar refractivity (Wildman–Crippen MR) is 90.8 cm³/mol. The van der Waals surface area contributed by atoms with Gasteiger partial charge in [0.1, 0.15) is 11.2 Å². The van der Waals surface area contributed by atoms with Gasteiger partial charge >= 0.3 is 5.97 Å². The first-order valence-electron chi connectivity index (χ1n) is 8.89. The van der Waals surface area contributed by atoms with E-state index in [0.29, 0.717) is 5.92 Å². The van der Waals surface area contributed by atoms with E-state index in [1.807, 2.05) is 20.8 Å². The van der Waals surface area contributed by atoms with Crippen LogP contribution in [0, 0.1) is 11.3 Å². The van der Waals surface area contributed by atoms with Crippen LogP contribution in [-0.4, -0.2) is 23.3 Å². The molecular formula is C19H36O3. The highest BCUT2D eigenvalue weighted by Gasteiger charge is 2.53. The van der Waals surface area contributed by atoms with Crippen molar-refractivity contribution in [1.29, 1.82) is 0 Å². The number of carbonyl (C=O) groups excluding carboxylic acids is 1. The van der Waals surface area contributed by atoms with Gasteiger partial charge in [0.25, 0.3) is 0 Å². The lowest BCUT2D eigenvalue weighted by molar-refractivity contribution is -0.221. The third-order valence-electron chi connectivity index (χ3n) is 5.65. The second kappa shape index (κ2) is 6.90. The molecule has 0 spiro atoms. The zero-order chi connectivity index (χ0) is 17.2. The lowest BCUT2D eigenvalue weighted by Crippen LogP contribution is -2.55. The van der Waals surface area contributed by atoms with Gasteiger partial charge in [0, 0.05) is 0 Å². The molecule has 0 heterocycles. The lowest BCUT2D eigenvalue weighted by Gasteiger charge is -2.46. The molecule has 0 radical (unpaired) electrons. The van der Waals surface area contributed by atoms with E-state index in [1.54, 1.807) is 0 Å². The molecule has 0 aromatic carbocycles. The third-order valence-corrected chi connectivity index (χ3v) is 5.65. The Labute approximate surface area is 137 Å². The van der Waals surface area contributed by atoms with Crippen molar-refractivity contribution in [2.45, 2.75) is 105 Å². The predicted octanol–water partition coefficient (Wildman–Crippen LogP) is 5.12. The Morgan fingerprint density at radius 2 is 1.59 bits per heavy atom. The van der Waals surface area contributed by atoms with Crippen molar-refractivity contribution < 1.29 is 14.3 Å². The summed E-state index contributed by atoms with van der Waals surface area (Å²) in [5.41, 5.74) is -1.39. The van der Waals surface area contributed by atoms with Crippen LogP contribution in [0.3, 0.4) is 0 Å². The minimum atomic E-state index is -0.486. The third kappa shape index (κ3) is 4.04. The molecule has 1 aliphatic rings. The van der Waals surface area contributed by atoms with Crippen LogP contribution < -0.4 is 0 Å².